The minimum absolute atomic E-state index is 0.174. The van der Waals surface area contributed by atoms with Crippen molar-refractivity contribution >= 4 is 23.7 Å². The molecular weight excluding hydrogens is 376 g/mol. The Morgan fingerprint density at radius 2 is 1.93 bits per heavy atom. The van der Waals surface area contributed by atoms with Crippen LogP contribution in [-0.4, -0.2) is 52.3 Å². The molecule has 29 heavy (non-hydrogen) atoms. The van der Waals surface area contributed by atoms with Crippen molar-refractivity contribution in [2.45, 2.75) is 39.3 Å². The van der Waals surface area contributed by atoms with Crippen LogP contribution in [0.1, 0.15) is 52.9 Å². The number of fused-ring (bicyclic) bond motifs is 1. The lowest BCUT2D eigenvalue weighted by molar-refractivity contribution is 0.0222. The molecule has 154 valence electrons. The highest BCUT2D eigenvalue weighted by molar-refractivity contribution is 6.07. The Labute approximate surface area is 168 Å². The van der Waals surface area contributed by atoms with E-state index in [2.05, 4.69) is 15.5 Å². The van der Waals surface area contributed by atoms with Crippen LogP contribution < -0.4 is 5.32 Å². The van der Waals surface area contributed by atoms with Gasteiger partial charge in [-0.25, -0.2) is 9.59 Å². The smallest absolute Gasteiger partial charge is 0.410 e. The first kappa shape index (κ1) is 20.4. The van der Waals surface area contributed by atoms with E-state index in [4.69, 9.17) is 9.47 Å². The number of nitrogens with zero attached hydrogens (tertiary/aromatic N) is 2. The standard InChI is InChI=1S/C20H24N4O5/c1-20(2,3)29-19(27)24-10-9-15-13(11-24)16(23-22-15)17(25)21-14-8-6-5-7-12(14)18(26)28-4/h5-8H,9-11H2,1-4H3,(H,21,25)(H,22,23). The molecule has 1 aliphatic heterocycles. The Hall–Kier alpha value is -3.36. The van der Waals surface area contributed by atoms with Gasteiger partial charge in [0.25, 0.3) is 5.91 Å². The summed E-state index contributed by atoms with van der Waals surface area (Å²) < 4.78 is 10.2. The van der Waals surface area contributed by atoms with Gasteiger partial charge in [0, 0.05) is 24.2 Å². The highest BCUT2D eigenvalue weighted by Crippen LogP contribution is 2.24. The van der Waals surface area contributed by atoms with Crippen LogP contribution in [0.4, 0.5) is 10.5 Å². The van der Waals surface area contributed by atoms with E-state index in [1.165, 1.54) is 7.11 Å². The monoisotopic (exact) mass is 400 g/mol. The number of para-hydroxylation sites is 1. The second kappa shape index (κ2) is 7.94. The number of ether oxygens (including phenoxy) is 2. The number of hydrogen-bond donors (Lipinski definition) is 2. The normalized spacial score (nSPS) is 13.4. The quantitative estimate of drug-likeness (QED) is 0.766. The molecule has 0 saturated carbocycles. The Kier molecular flexibility index (Phi) is 5.58. The Bertz CT molecular complexity index is 945. The molecule has 1 aromatic heterocycles. The van der Waals surface area contributed by atoms with Gasteiger partial charge in [0.05, 0.1) is 24.9 Å². The lowest BCUT2D eigenvalue weighted by atomic mass is 10.0. The molecule has 9 nitrogen and oxygen atoms in total. The van der Waals surface area contributed by atoms with Gasteiger partial charge in [0.15, 0.2) is 5.69 Å². The largest absolute Gasteiger partial charge is 0.465 e. The number of esters is 1. The molecule has 0 fully saturated rings. The van der Waals surface area contributed by atoms with Crippen molar-refractivity contribution in [3.8, 4) is 0 Å². The summed E-state index contributed by atoms with van der Waals surface area (Å²) in [7, 11) is 1.27. The van der Waals surface area contributed by atoms with E-state index in [0.717, 1.165) is 5.69 Å². The van der Waals surface area contributed by atoms with Crippen LogP contribution in [0.25, 0.3) is 0 Å². The molecule has 2 heterocycles. The fraction of sp³-hybridized carbons (Fsp3) is 0.400. The van der Waals surface area contributed by atoms with Gasteiger partial charge in [0.2, 0.25) is 0 Å². The molecule has 2 N–H and O–H groups in total. The van der Waals surface area contributed by atoms with Crippen molar-refractivity contribution in [1.29, 1.82) is 0 Å². The van der Waals surface area contributed by atoms with Gasteiger partial charge in [-0.15, -0.1) is 0 Å². The summed E-state index contributed by atoms with van der Waals surface area (Å²) in [4.78, 5) is 38.7. The van der Waals surface area contributed by atoms with Gasteiger partial charge in [-0.05, 0) is 32.9 Å². The zero-order chi connectivity index (χ0) is 21.2. The number of amides is 2. The molecule has 1 aromatic carbocycles. The predicted molar refractivity (Wildman–Crippen MR) is 105 cm³/mol. The minimum atomic E-state index is -0.606. The molecule has 0 atom stereocenters. The molecule has 0 unspecified atom stereocenters. The second-order valence-electron chi connectivity index (χ2n) is 7.67. The van der Waals surface area contributed by atoms with Crippen LogP contribution in [0.15, 0.2) is 24.3 Å². The van der Waals surface area contributed by atoms with Crippen molar-refractivity contribution in [2.75, 3.05) is 19.0 Å². The molecule has 0 bridgehead atoms. The highest BCUT2D eigenvalue weighted by Gasteiger charge is 2.30. The van der Waals surface area contributed by atoms with Gasteiger partial charge < -0.3 is 19.7 Å². The van der Waals surface area contributed by atoms with Crippen LogP contribution in [0.2, 0.25) is 0 Å². The predicted octanol–water partition coefficient (Wildman–Crippen LogP) is 2.74. The third-order valence-electron chi connectivity index (χ3n) is 4.38. The first-order chi connectivity index (χ1) is 13.7. The third kappa shape index (κ3) is 4.56. The van der Waals surface area contributed by atoms with E-state index in [1.54, 1.807) is 49.9 Å². The number of aromatic amines is 1. The summed E-state index contributed by atoms with van der Waals surface area (Å²) in [5.41, 5.74) is 1.56. The summed E-state index contributed by atoms with van der Waals surface area (Å²) in [5, 5.41) is 9.70. The Balaban J connectivity index is 1.80. The number of benzene rings is 1. The average molecular weight is 400 g/mol. The molecular formula is C20H24N4O5. The molecule has 1 aliphatic rings. The first-order valence-corrected chi connectivity index (χ1v) is 9.22. The molecule has 0 spiro atoms. The van der Waals surface area contributed by atoms with E-state index in [0.29, 0.717) is 24.2 Å². The third-order valence-corrected chi connectivity index (χ3v) is 4.38. The topological polar surface area (TPSA) is 114 Å². The number of rotatable bonds is 3. The fourth-order valence-electron chi connectivity index (χ4n) is 3.03. The van der Waals surface area contributed by atoms with Crippen LogP contribution in [0.5, 0.6) is 0 Å². The lowest BCUT2D eigenvalue weighted by Gasteiger charge is -2.30. The SMILES string of the molecule is COC(=O)c1ccccc1NC(=O)c1n[nH]c2c1CN(C(=O)OC(C)(C)C)CC2. The van der Waals surface area contributed by atoms with Crippen molar-refractivity contribution in [1.82, 2.24) is 15.1 Å². The summed E-state index contributed by atoms with van der Waals surface area (Å²) in [6.45, 7) is 6.08. The van der Waals surface area contributed by atoms with E-state index in [1.807, 2.05) is 0 Å². The summed E-state index contributed by atoms with van der Waals surface area (Å²) in [5.74, 6) is -1.04. The Morgan fingerprint density at radius 3 is 2.62 bits per heavy atom. The maximum Gasteiger partial charge on any atom is 0.410 e. The fourth-order valence-corrected chi connectivity index (χ4v) is 3.03. The lowest BCUT2D eigenvalue weighted by Crippen LogP contribution is -2.40. The number of methoxy groups -OCH3 is 1. The number of carbonyl (C=O) groups excluding carboxylic acids is 3. The summed E-state index contributed by atoms with van der Waals surface area (Å²) in [6.07, 6.45) is 0.0971. The molecule has 2 aromatic rings. The molecule has 3 rings (SSSR count). The molecule has 0 aliphatic carbocycles. The van der Waals surface area contributed by atoms with Gasteiger partial charge in [-0.2, -0.15) is 5.10 Å². The molecule has 9 heteroatoms. The highest BCUT2D eigenvalue weighted by atomic mass is 16.6. The molecule has 2 amide bonds. The van der Waals surface area contributed by atoms with Gasteiger partial charge in [-0.1, -0.05) is 12.1 Å². The maximum atomic E-state index is 12.8. The van der Waals surface area contributed by atoms with Gasteiger partial charge in [-0.3, -0.25) is 9.89 Å². The zero-order valence-corrected chi connectivity index (χ0v) is 16.9. The number of aromatic nitrogens is 2. The van der Waals surface area contributed by atoms with Crippen LogP contribution >= 0.6 is 0 Å². The summed E-state index contributed by atoms with van der Waals surface area (Å²) >= 11 is 0. The number of anilines is 1. The van der Waals surface area contributed by atoms with Crippen LogP contribution in [-0.2, 0) is 22.4 Å². The van der Waals surface area contributed by atoms with E-state index in [9.17, 15) is 14.4 Å². The minimum Gasteiger partial charge on any atom is -0.465 e. The zero-order valence-electron chi connectivity index (χ0n) is 16.9. The first-order valence-electron chi connectivity index (χ1n) is 9.22. The number of hydrogen-bond acceptors (Lipinski definition) is 6. The van der Waals surface area contributed by atoms with Crippen LogP contribution in [0.3, 0.4) is 0 Å². The average Bonchev–Trinajstić information content (AvgIpc) is 3.09. The Morgan fingerprint density at radius 1 is 1.21 bits per heavy atom. The molecule has 0 saturated heterocycles. The van der Waals surface area contributed by atoms with Crippen molar-refractivity contribution in [2.24, 2.45) is 0 Å². The van der Waals surface area contributed by atoms with Crippen molar-refractivity contribution < 1.29 is 23.9 Å². The van der Waals surface area contributed by atoms with Crippen LogP contribution in [0, 0.1) is 0 Å². The van der Waals surface area contributed by atoms with Gasteiger partial charge >= 0.3 is 12.1 Å². The van der Waals surface area contributed by atoms with Crippen molar-refractivity contribution in [3.05, 3.63) is 46.8 Å². The maximum absolute atomic E-state index is 12.8. The number of nitrogens with one attached hydrogen (secondary N) is 2. The van der Waals surface area contributed by atoms with Crippen molar-refractivity contribution in [3.63, 3.8) is 0 Å². The van der Waals surface area contributed by atoms with E-state index < -0.39 is 23.6 Å². The van der Waals surface area contributed by atoms with E-state index >= 15 is 0 Å². The summed E-state index contributed by atoms with van der Waals surface area (Å²) in [6, 6.07) is 6.55. The molecule has 0 radical (unpaired) electrons. The van der Waals surface area contributed by atoms with E-state index in [-0.39, 0.29) is 17.8 Å². The van der Waals surface area contributed by atoms with Gasteiger partial charge in [0.1, 0.15) is 5.60 Å². The second-order valence-corrected chi connectivity index (χ2v) is 7.67. The number of H-pyrrole nitrogens is 1. The number of carbonyl (C=O) groups is 3.